The molecule has 0 saturated carbocycles. The van der Waals surface area contributed by atoms with Crippen molar-refractivity contribution in [2.75, 3.05) is 24.3 Å². The van der Waals surface area contributed by atoms with Crippen LogP contribution < -0.4 is 15.4 Å². The molecule has 6 nitrogen and oxygen atoms in total. The Morgan fingerprint density at radius 2 is 2.00 bits per heavy atom. The van der Waals surface area contributed by atoms with Crippen molar-refractivity contribution >= 4 is 17.5 Å². The maximum absolute atomic E-state index is 12.2. The minimum atomic E-state index is -0.272. The third kappa shape index (κ3) is 4.44. The number of carbonyl (C=O) groups excluding carboxylic acids is 1. The maximum atomic E-state index is 12.2. The molecule has 6 heteroatoms. The summed E-state index contributed by atoms with van der Waals surface area (Å²) in [5, 5.41) is 5.89. The van der Waals surface area contributed by atoms with Gasteiger partial charge in [0.1, 0.15) is 11.4 Å². The number of anilines is 2. The Kier molecular flexibility index (Phi) is 5.71. The summed E-state index contributed by atoms with van der Waals surface area (Å²) in [5.74, 6) is 0.935. The van der Waals surface area contributed by atoms with Gasteiger partial charge in [-0.1, -0.05) is 13.3 Å². The first kappa shape index (κ1) is 15.8. The van der Waals surface area contributed by atoms with Crippen molar-refractivity contribution in [1.29, 1.82) is 0 Å². The third-order valence-electron chi connectivity index (χ3n) is 3.05. The second-order valence-electron chi connectivity index (χ2n) is 4.73. The molecule has 116 valence electrons. The normalized spacial score (nSPS) is 10.1. The van der Waals surface area contributed by atoms with Crippen molar-refractivity contribution < 1.29 is 9.53 Å². The lowest BCUT2D eigenvalue weighted by Crippen LogP contribution is -2.15. The number of ether oxygens (including phenoxy) is 1. The van der Waals surface area contributed by atoms with Crippen LogP contribution in [0, 0.1) is 0 Å². The largest absolute Gasteiger partial charge is 0.497 e. The van der Waals surface area contributed by atoms with Crippen molar-refractivity contribution in [3.05, 3.63) is 42.2 Å². The maximum Gasteiger partial charge on any atom is 0.274 e. The number of carbonyl (C=O) groups is 1. The molecule has 0 spiro atoms. The second kappa shape index (κ2) is 7.97. The summed E-state index contributed by atoms with van der Waals surface area (Å²) >= 11 is 0. The highest BCUT2D eigenvalue weighted by atomic mass is 16.5. The fourth-order valence-corrected chi connectivity index (χ4v) is 1.82. The van der Waals surface area contributed by atoms with Crippen molar-refractivity contribution in [1.82, 2.24) is 9.97 Å². The number of nitrogens with one attached hydrogen (secondary N) is 2. The molecule has 2 N–H and O–H groups in total. The van der Waals surface area contributed by atoms with Crippen LogP contribution >= 0.6 is 0 Å². The quantitative estimate of drug-likeness (QED) is 0.769. The van der Waals surface area contributed by atoms with Gasteiger partial charge in [-0.25, -0.2) is 9.97 Å². The van der Waals surface area contributed by atoms with Crippen LogP contribution in [-0.2, 0) is 0 Å². The Labute approximate surface area is 129 Å². The molecule has 1 aromatic carbocycles. The van der Waals surface area contributed by atoms with E-state index in [1.807, 2.05) is 0 Å². The molecule has 1 heterocycles. The van der Waals surface area contributed by atoms with Crippen LogP contribution in [0.15, 0.2) is 36.5 Å². The highest BCUT2D eigenvalue weighted by molar-refractivity contribution is 6.02. The molecule has 0 bridgehead atoms. The molecule has 1 aromatic heterocycles. The molecule has 0 aliphatic rings. The third-order valence-corrected chi connectivity index (χ3v) is 3.05. The van der Waals surface area contributed by atoms with E-state index in [4.69, 9.17) is 4.74 Å². The molecular weight excluding hydrogens is 280 g/mol. The van der Waals surface area contributed by atoms with Crippen LogP contribution in [0.25, 0.3) is 0 Å². The first-order valence-corrected chi connectivity index (χ1v) is 7.25. The molecule has 0 atom stereocenters. The van der Waals surface area contributed by atoms with Crippen LogP contribution in [0.1, 0.15) is 30.3 Å². The first-order valence-electron chi connectivity index (χ1n) is 7.25. The Morgan fingerprint density at radius 3 is 2.68 bits per heavy atom. The van der Waals surface area contributed by atoms with Gasteiger partial charge in [-0.05, 0) is 36.8 Å². The lowest BCUT2D eigenvalue weighted by Gasteiger charge is -2.07. The lowest BCUT2D eigenvalue weighted by atomic mass is 10.3. The number of hydrogen-bond acceptors (Lipinski definition) is 5. The van der Waals surface area contributed by atoms with Crippen LogP contribution in [0.3, 0.4) is 0 Å². The fourth-order valence-electron chi connectivity index (χ4n) is 1.82. The molecule has 22 heavy (non-hydrogen) atoms. The number of amides is 1. The zero-order valence-electron chi connectivity index (χ0n) is 12.8. The summed E-state index contributed by atoms with van der Waals surface area (Å²) in [6, 6.07) is 8.71. The molecule has 0 unspecified atom stereocenters. The molecule has 2 rings (SSSR count). The van der Waals surface area contributed by atoms with Gasteiger partial charge in [0.25, 0.3) is 5.91 Å². The van der Waals surface area contributed by atoms with E-state index >= 15 is 0 Å². The Morgan fingerprint density at radius 1 is 1.23 bits per heavy atom. The molecule has 0 aliphatic heterocycles. The minimum absolute atomic E-state index is 0.272. The number of unbranched alkanes of at least 4 members (excludes halogenated alkanes) is 1. The monoisotopic (exact) mass is 300 g/mol. The van der Waals surface area contributed by atoms with Gasteiger partial charge in [-0.3, -0.25) is 4.79 Å². The summed E-state index contributed by atoms with van der Waals surface area (Å²) in [6.45, 7) is 2.90. The summed E-state index contributed by atoms with van der Waals surface area (Å²) in [7, 11) is 1.60. The standard InChI is InChI=1S/C16H20N4O2/c1-3-4-10-17-16-18-11-9-14(20-16)15(21)19-12-5-7-13(22-2)8-6-12/h5-9,11H,3-4,10H2,1-2H3,(H,19,21)(H,17,18,20). The van der Waals surface area contributed by atoms with Crippen molar-refractivity contribution in [2.45, 2.75) is 19.8 Å². The average molecular weight is 300 g/mol. The van der Waals surface area contributed by atoms with Crippen LogP contribution in [-0.4, -0.2) is 29.5 Å². The molecule has 0 saturated heterocycles. The highest BCUT2D eigenvalue weighted by Gasteiger charge is 2.09. The molecule has 0 fully saturated rings. The average Bonchev–Trinajstić information content (AvgIpc) is 2.56. The van der Waals surface area contributed by atoms with Gasteiger partial charge < -0.3 is 15.4 Å². The van der Waals surface area contributed by atoms with E-state index in [0.29, 0.717) is 17.3 Å². The topological polar surface area (TPSA) is 76.1 Å². The Balaban J connectivity index is 2.00. The molecule has 0 aliphatic carbocycles. The van der Waals surface area contributed by atoms with E-state index in [-0.39, 0.29) is 5.91 Å². The van der Waals surface area contributed by atoms with E-state index in [1.165, 1.54) is 0 Å². The van der Waals surface area contributed by atoms with Crippen molar-refractivity contribution in [3.8, 4) is 5.75 Å². The summed E-state index contributed by atoms with van der Waals surface area (Å²) in [4.78, 5) is 20.5. The number of aromatic nitrogens is 2. The predicted molar refractivity (Wildman–Crippen MR) is 86.4 cm³/mol. The van der Waals surface area contributed by atoms with Gasteiger partial charge in [-0.2, -0.15) is 0 Å². The summed E-state index contributed by atoms with van der Waals surface area (Å²) in [6.07, 6.45) is 3.69. The molecule has 0 radical (unpaired) electrons. The van der Waals surface area contributed by atoms with E-state index in [0.717, 1.165) is 25.1 Å². The minimum Gasteiger partial charge on any atom is -0.497 e. The highest BCUT2D eigenvalue weighted by Crippen LogP contribution is 2.15. The van der Waals surface area contributed by atoms with Gasteiger partial charge in [0, 0.05) is 18.4 Å². The zero-order valence-corrected chi connectivity index (χ0v) is 12.8. The number of benzene rings is 1. The lowest BCUT2D eigenvalue weighted by molar-refractivity contribution is 0.102. The van der Waals surface area contributed by atoms with Gasteiger partial charge in [0.05, 0.1) is 7.11 Å². The molecular formula is C16H20N4O2. The van der Waals surface area contributed by atoms with E-state index < -0.39 is 0 Å². The van der Waals surface area contributed by atoms with Crippen LogP contribution in [0.2, 0.25) is 0 Å². The SMILES string of the molecule is CCCCNc1nccc(C(=O)Nc2ccc(OC)cc2)n1. The van der Waals surface area contributed by atoms with Gasteiger partial charge in [0.15, 0.2) is 0 Å². The van der Waals surface area contributed by atoms with Gasteiger partial charge in [-0.15, -0.1) is 0 Å². The van der Waals surface area contributed by atoms with Gasteiger partial charge in [0.2, 0.25) is 5.95 Å². The van der Waals surface area contributed by atoms with E-state index in [1.54, 1.807) is 43.6 Å². The Hall–Kier alpha value is -2.63. The van der Waals surface area contributed by atoms with Crippen LogP contribution in [0.4, 0.5) is 11.6 Å². The van der Waals surface area contributed by atoms with Gasteiger partial charge >= 0.3 is 0 Å². The zero-order chi connectivity index (χ0) is 15.8. The van der Waals surface area contributed by atoms with Crippen LogP contribution in [0.5, 0.6) is 5.75 Å². The fraction of sp³-hybridized carbons (Fsp3) is 0.312. The van der Waals surface area contributed by atoms with Crippen molar-refractivity contribution in [2.24, 2.45) is 0 Å². The smallest absolute Gasteiger partial charge is 0.274 e. The molecule has 2 aromatic rings. The number of nitrogens with zero attached hydrogens (tertiary/aromatic N) is 2. The predicted octanol–water partition coefficient (Wildman–Crippen LogP) is 2.95. The Bertz CT molecular complexity index is 614. The number of hydrogen-bond donors (Lipinski definition) is 2. The van der Waals surface area contributed by atoms with E-state index in [9.17, 15) is 4.79 Å². The first-order chi connectivity index (χ1) is 10.7. The number of methoxy groups -OCH3 is 1. The van der Waals surface area contributed by atoms with Crippen molar-refractivity contribution in [3.63, 3.8) is 0 Å². The second-order valence-corrected chi connectivity index (χ2v) is 4.73. The summed E-state index contributed by atoms with van der Waals surface area (Å²) in [5.41, 5.74) is 1.01. The number of rotatable bonds is 7. The van der Waals surface area contributed by atoms with E-state index in [2.05, 4.69) is 27.5 Å². The summed E-state index contributed by atoms with van der Waals surface area (Å²) < 4.78 is 5.08. The molecule has 1 amide bonds.